The maximum Gasteiger partial charge on any atom is 0.308 e. The molecule has 0 spiro atoms. The van der Waals surface area contributed by atoms with E-state index in [1.54, 1.807) is 32.2 Å². The third-order valence-corrected chi connectivity index (χ3v) is 2.91. The SMILES string of the molecule is CC(C)C(=O)OC(CNC(C)(C)C)COc1ncccc1C#N. The molecule has 1 rings (SSSR count). The Morgan fingerprint density at radius 2 is 2.13 bits per heavy atom. The van der Waals surface area contributed by atoms with Gasteiger partial charge in [0.1, 0.15) is 24.3 Å². The Labute approximate surface area is 137 Å². The second kappa shape index (κ2) is 8.49. The predicted molar refractivity (Wildman–Crippen MR) is 86.9 cm³/mol. The fourth-order valence-electron chi connectivity index (χ4n) is 1.62. The third-order valence-electron chi connectivity index (χ3n) is 2.91. The van der Waals surface area contributed by atoms with Gasteiger partial charge in [-0.05, 0) is 32.9 Å². The summed E-state index contributed by atoms with van der Waals surface area (Å²) in [5.74, 6) is -0.246. The summed E-state index contributed by atoms with van der Waals surface area (Å²) in [6, 6.07) is 5.32. The van der Waals surface area contributed by atoms with Gasteiger partial charge < -0.3 is 14.8 Å². The molecular formula is C17H25N3O3. The van der Waals surface area contributed by atoms with E-state index in [1.165, 1.54) is 0 Å². The fourth-order valence-corrected chi connectivity index (χ4v) is 1.62. The largest absolute Gasteiger partial charge is 0.473 e. The van der Waals surface area contributed by atoms with Crippen molar-refractivity contribution in [2.45, 2.75) is 46.3 Å². The lowest BCUT2D eigenvalue weighted by Gasteiger charge is -2.25. The zero-order chi connectivity index (χ0) is 17.5. The number of hydrogen-bond acceptors (Lipinski definition) is 6. The van der Waals surface area contributed by atoms with Gasteiger partial charge in [-0.25, -0.2) is 4.98 Å². The highest BCUT2D eigenvalue weighted by Gasteiger charge is 2.21. The second-order valence-corrected chi connectivity index (χ2v) is 6.62. The van der Waals surface area contributed by atoms with Crippen LogP contribution in [0.5, 0.6) is 5.88 Å². The number of nitriles is 1. The van der Waals surface area contributed by atoms with Gasteiger partial charge in [-0.2, -0.15) is 5.26 Å². The molecule has 0 saturated heterocycles. The lowest BCUT2D eigenvalue weighted by molar-refractivity contribution is -0.154. The van der Waals surface area contributed by atoms with Crippen molar-refractivity contribution in [3.8, 4) is 11.9 Å². The van der Waals surface area contributed by atoms with Crippen LogP contribution in [0.25, 0.3) is 0 Å². The number of rotatable bonds is 7. The molecule has 0 radical (unpaired) electrons. The second-order valence-electron chi connectivity index (χ2n) is 6.62. The topological polar surface area (TPSA) is 84.2 Å². The van der Waals surface area contributed by atoms with Crippen LogP contribution in [0.4, 0.5) is 0 Å². The number of nitrogens with one attached hydrogen (secondary N) is 1. The van der Waals surface area contributed by atoms with E-state index >= 15 is 0 Å². The van der Waals surface area contributed by atoms with Crippen LogP contribution in [0, 0.1) is 17.2 Å². The van der Waals surface area contributed by atoms with E-state index in [0.29, 0.717) is 12.1 Å². The van der Waals surface area contributed by atoms with E-state index in [9.17, 15) is 4.79 Å². The van der Waals surface area contributed by atoms with Crippen LogP contribution in [0.2, 0.25) is 0 Å². The maximum absolute atomic E-state index is 11.8. The van der Waals surface area contributed by atoms with Gasteiger partial charge >= 0.3 is 5.97 Å². The first kappa shape index (κ1) is 18.9. The molecule has 1 aromatic rings. The summed E-state index contributed by atoms with van der Waals surface area (Å²) in [6.45, 7) is 10.2. The molecule has 1 aromatic heterocycles. The lowest BCUT2D eigenvalue weighted by atomic mass is 10.1. The number of ether oxygens (including phenoxy) is 2. The maximum atomic E-state index is 11.8. The molecule has 6 nitrogen and oxygen atoms in total. The van der Waals surface area contributed by atoms with Gasteiger partial charge in [0.15, 0.2) is 0 Å². The molecule has 0 fully saturated rings. The van der Waals surface area contributed by atoms with E-state index in [0.717, 1.165) is 0 Å². The molecule has 6 heteroatoms. The molecule has 0 aliphatic carbocycles. The average Bonchev–Trinajstić information content (AvgIpc) is 2.49. The summed E-state index contributed by atoms with van der Waals surface area (Å²) in [7, 11) is 0. The van der Waals surface area contributed by atoms with Crippen molar-refractivity contribution >= 4 is 5.97 Å². The fraction of sp³-hybridized carbons (Fsp3) is 0.588. The standard InChI is InChI=1S/C17H25N3O3/c1-12(2)16(21)23-14(10-20-17(3,4)5)11-22-15-13(9-18)7-6-8-19-15/h6-8,12,14,20H,10-11H2,1-5H3. The van der Waals surface area contributed by atoms with Gasteiger partial charge in [-0.15, -0.1) is 0 Å². The van der Waals surface area contributed by atoms with Crippen molar-refractivity contribution < 1.29 is 14.3 Å². The van der Waals surface area contributed by atoms with Crippen LogP contribution < -0.4 is 10.1 Å². The Morgan fingerprint density at radius 3 is 2.70 bits per heavy atom. The molecule has 23 heavy (non-hydrogen) atoms. The van der Waals surface area contributed by atoms with Crippen LogP contribution in [0.3, 0.4) is 0 Å². The number of hydrogen-bond donors (Lipinski definition) is 1. The summed E-state index contributed by atoms with van der Waals surface area (Å²) in [5, 5.41) is 12.3. The van der Waals surface area contributed by atoms with Crippen molar-refractivity contribution in [1.29, 1.82) is 5.26 Å². The van der Waals surface area contributed by atoms with Gasteiger partial charge in [0, 0.05) is 18.3 Å². The first-order valence-corrected chi connectivity index (χ1v) is 7.66. The smallest absolute Gasteiger partial charge is 0.308 e. The van der Waals surface area contributed by atoms with Gasteiger partial charge in [-0.3, -0.25) is 4.79 Å². The lowest BCUT2D eigenvalue weighted by Crippen LogP contribution is -2.44. The minimum Gasteiger partial charge on any atom is -0.473 e. The Morgan fingerprint density at radius 1 is 1.43 bits per heavy atom. The molecular weight excluding hydrogens is 294 g/mol. The van der Waals surface area contributed by atoms with E-state index < -0.39 is 6.10 Å². The highest BCUT2D eigenvalue weighted by molar-refractivity contribution is 5.71. The van der Waals surface area contributed by atoms with Crippen molar-refractivity contribution in [3.63, 3.8) is 0 Å². The van der Waals surface area contributed by atoms with E-state index in [4.69, 9.17) is 14.7 Å². The van der Waals surface area contributed by atoms with Crippen molar-refractivity contribution in [1.82, 2.24) is 10.3 Å². The molecule has 1 unspecified atom stereocenters. The van der Waals surface area contributed by atoms with Crippen molar-refractivity contribution in [3.05, 3.63) is 23.9 Å². The summed E-state index contributed by atoms with van der Waals surface area (Å²) in [6.07, 6.45) is 1.09. The van der Waals surface area contributed by atoms with Crippen LogP contribution in [0.15, 0.2) is 18.3 Å². The van der Waals surface area contributed by atoms with Crippen LogP contribution in [0.1, 0.15) is 40.2 Å². The highest BCUT2D eigenvalue weighted by atomic mass is 16.6. The molecule has 0 aliphatic heterocycles. The van der Waals surface area contributed by atoms with Gasteiger partial charge in [0.05, 0.1) is 5.92 Å². The zero-order valence-electron chi connectivity index (χ0n) is 14.4. The van der Waals surface area contributed by atoms with Crippen molar-refractivity contribution in [2.75, 3.05) is 13.2 Å². The predicted octanol–water partition coefficient (Wildman–Crippen LogP) is 2.29. The molecule has 126 valence electrons. The number of carbonyl (C=O) groups is 1. The van der Waals surface area contributed by atoms with Crippen LogP contribution >= 0.6 is 0 Å². The summed E-state index contributed by atoms with van der Waals surface area (Å²) in [4.78, 5) is 15.9. The monoisotopic (exact) mass is 319 g/mol. The normalized spacial score (nSPS) is 12.6. The van der Waals surface area contributed by atoms with Gasteiger partial charge in [-0.1, -0.05) is 13.8 Å². The third kappa shape index (κ3) is 7.11. The average molecular weight is 319 g/mol. The molecule has 1 atom stereocenters. The summed E-state index contributed by atoms with van der Waals surface area (Å²) >= 11 is 0. The van der Waals surface area contributed by atoms with Crippen LogP contribution in [-0.4, -0.2) is 35.7 Å². The Balaban J connectivity index is 2.71. The summed E-state index contributed by atoms with van der Waals surface area (Å²) in [5.41, 5.74) is 0.246. The minimum atomic E-state index is -0.460. The molecule has 1 heterocycles. The van der Waals surface area contributed by atoms with Gasteiger partial charge in [0.2, 0.25) is 5.88 Å². The summed E-state index contributed by atoms with van der Waals surface area (Å²) < 4.78 is 11.1. The molecule has 0 aromatic carbocycles. The number of carbonyl (C=O) groups excluding carboxylic acids is 1. The number of nitrogens with zero attached hydrogens (tertiary/aromatic N) is 2. The first-order valence-electron chi connectivity index (χ1n) is 7.66. The number of pyridine rings is 1. The Bertz CT molecular complexity index is 559. The minimum absolute atomic E-state index is 0.106. The van der Waals surface area contributed by atoms with Crippen LogP contribution in [-0.2, 0) is 9.53 Å². The van der Waals surface area contributed by atoms with E-state index in [-0.39, 0.29) is 29.9 Å². The molecule has 1 N–H and O–H groups in total. The van der Waals surface area contributed by atoms with E-state index in [2.05, 4.69) is 10.3 Å². The Kier molecular flexibility index (Phi) is 6.98. The molecule has 0 amide bonds. The molecule has 0 aliphatic rings. The zero-order valence-corrected chi connectivity index (χ0v) is 14.4. The van der Waals surface area contributed by atoms with Crippen molar-refractivity contribution in [2.24, 2.45) is 5.92 Å². The quantitative estimate of drug-likeness (QED) is 0.776. The Hall–Kier alpha value is -2.13. The number of aromatic nitrogens is 1. The van der Waals surface area contributed by atoms with E-state index in [1.807, 2.05) is 26.8 Å². The first-order chi connectivity index (χ1) is 10.7. The molecule has 0 bridgehead atoms. The molecule has 0 saturated carbocycles. The highest BCUT2D eigenvalue weighted by Crippen LogP contribution is 2.14. The van der Waals surface area contributed by atoms with Gasteiger partial charge in [0.25, 0.3) is 0 Å². The number of esters is 1.